The summed E-state index contributed by atoms with van der Waals surface area (Å²) in [6.45, 7) is 0. The van der Waals surface area contributed by atoms with Crippen LogP contribution in [0.5, 0.6) is 0 Å². The number of fused-ring (bicyclic) bond motifs is 12. The minimum Gasteiger partial charge on any atom is -0.0836 e. The lowest BCUT2D eigenvalue weighted by molar-refractivity contribution is 0.550. The van der Waals surface area contributed by atoms with Crippen LogP contribution in [0.1, 0.15) is 17.5 Å². The average molecular weight is 659 g/mol. The zero-order chi connectivity index (χ0) is 33.7. The van der Waals surface area contributed by atoms with Crippen LogP contribution >= 0.6 is 0 Å². The van der Waals surface area contributed by atoms with Crippen molar-refractivity contribution in [2.45, 2.75) is 6.42 Å². The van der Waals surface area contributed by atoms with Gasteiger partial charge in [-0.2, -0.15) is 0 Å². The molecule has 8 aliphatic rings. The molecule has 0 heteroatoms. The van der Waals surface area contributed by atoms with Gasteiger partial charge in [-0.3, -0.25) is 0 Å². The number of hydrogen-bond donors (Lipinski definition) is 0. The van der Waals surface area contributed by atoms with Gasteiger partial charge in [-0.05, 0) is 112 Å². The highest BCUT2D eigenvalue weighted by molar-refractivity contribution is 6.30. The molecule has 52 heavy (non-hydrogen) atoms. The van der Waals surface area contributed by atoms with Crippen molar-refractivity contribution in [1.82, 2.24) is 0 Å². The monoisotopic (exact) mass is 658 g/mol. The highest BCUT2D eigenvalue weighted by Crippen LogP contribution is 2.66. The summed E-state index contributed by atoms with van der Waals surface area (Å²) in [7, 11) is 0. The Morgan fingerprint density at radius 3 is 1.96 bits per heavy atom. The van der Waals surface area contributed by atoms with Gasteiger partial charge in [0.05, 0.1) is 0 Å². The molecule has 0 amide bonds. The fourth-order valence-corrected chi connectivity index (χ4v) is 11.7. The summed E-state index contributed by atoms with van der Waals surface area (Å²) >= 11 is 0. The van der Waals surface area contributed by atoms with Crippen LogP contribution in [-0.4, -0.2) is 0 Å². The Bertz CT molecular complexity index is 2860. The molecule has 5 aromatic carbocycles. The van der Waals surface area contributed by atoms with E-state index in [9.17, 15) is 0 Å². The zero-order valence-electron chi connectivity index (χ0n) is 28.7. The van der Waals surface area contributed by atoms with Crippen molar-refractivity contribution >= 4 is 32.7 Å². The maximum absolute atomic E-state index is 2.53. The Labute approximate surface area is 303 Å². The smallest absolute Gasteiger partial charge is 0.0206 e. The second kappa shape index (κ2) is 9.87. The molecule has 0 saturated heterocycles. The Kier molecular flexibility index (Phi) is 5.26. The van der Waals surface area contributed by atoms with E-state index in [1.165, 1.54) is 88.3 Å². The first-order valence-corrected chi connectivity index (χ1v) is 19.0. The normalized spacial score (nSPS) is 26.0. The molecule has 1 fully saturated rings. The van der Waals surface area contributed by atoms with Crippen molar-refractivity contribution in [1.29, 1.82) is 0 Å². The molecule has 0 nitrogen and oxygen atoms in total. The Hall–Kier alpha value is -5.98. The minimum atomic E-state index is 0.285. The number of allylic oxidation sites excluding steroid dienone is 20. The summed E-state index contributed by atoms with van der Waals surface area (Å²) in [5.41, 5.74) is 21.8. The van der Waals surface area contributed by atoms with Crippen LogP contribution in [0, 0.1) is 29.6 Å². The third-order valence-electron chi connectivity index (χ3n) is 13.5. The second-order valence-corrected chi connectivity index (χ2v) is 15.7. The molecule has 1 saturated carbocycles. The van der Waals surface area contributed by atoms with Gasteiger partial charge in [0, 0.05) is 29.6 Å². The predicted octanol–water partition coefficient (Wildman–Crippen LogP) is 12.9. The van der Waals surface area contributed by atoms with E-state index in [1.54, 1.807) is 16.7 Å². The minimum absolute atomic E-state index is 0.285. The lowest BCUT2D eigenvalue weighted by atomic mass is 9.65. The van der Waals surface area contributed by atoms with Gasteiger partial charge >= 0.3 is 0 Å². The third kappa shape index (κ3) is 3.30. The first-order valence-electron chi connectivity index (χ1n) is 19.0. The molecule has 0 heterocycles. The highest BCUT2D eigenvalue weighted by atomic mass is 14.5. The molecule has 0 bridgehead atoms. The van der Waals surface area contributed by atoms with Crippen LogP contribution in [-0.2, 0) is 0 Å². The van der Waals surface area contributed by atoms with Crippen LogP contribution in [0.15, 0.2) is 192 Å². The average Bonchev–Trinajstić information content (AvgIpc) is 3.85. The van der Waals surface area contributed by atoms with Crippen molar-refractivity contribution < 1.29 is 0 Å². The molecule has 5 aromatic rings. The van der Waals surface area contributed by atoms with Crippen molar-refractivity contribution in [2.24, 2.45) is 29.6 Å². The summed E-state index contributed by atoms with van der Waals surface area (Å²) in [6.07, 6.45) is 32.7. The van der Waals surface area contributed by atoms with Gasteiger partial charge < -0.3 is 0 Å². The molecular formula is C52H34. The fraction of sp³-hybridized carbons (Fsp3) is 0.115. The van der Waals surface area contributed by atoms with E-state index in [4.69, 9.17) is 0 Å². The molecule has 242 valence electrons. The molecule has 0 spiro atoms. The molecule has 8 aliphatic carbocycles. The van der Waals surface area contributed by atoms with Gasteiger partial charge in [0.15, 0.2) is 0 Å². The highest BCUT2D eigenvalue weighted by Gasteiger charge is 2.49. The van der Waals surface area contributed by atoms with Crippen molar-refractivity contribution in [2.75, 3.05) is 0 Å². The maximum Gasteiger partial charge on any atom is 0.0206 e. The first kappa shape index (κ1) is 27.7. The molecule has 0 aromatic heterocycles. The van der Waals surface area contributed by atoms with Crippen LogP contribution in [0.25, 0.3) is 66.1 Å². The quantitative estimate of drug-likeness (QED) is 0.162. The summed E-state index contributed by atoms with van der Waals surface area (Å²) in [4.78, 5) is 0. The summed E-state index contributed by atoms with van der Waals surface area (Å²) in [5.74, 6) is 1.93. The van der Waals surface area contributed by atoms with E-state index in [0.29, 0.717) is 17.8 Å². The van der Waals surface area contributed by atoms with E-state index < -0.39 is 0 Å². The summed E-state index contributed by atoms with van der Waals surface area (Å²) < 4.78 is 0. The van der Waals surface area contributed by atoms with Crippen LogP contribution in [0.3, 0.4) is 0 Å². The Morgan fingerprint density at radius 1 is 0.442 bits per heavy atom. The molecule has 5 atom stereocenters. The van der Waals surface area contributed by atoms with Gasteiger partial charge in [0.1, 0.15) is 0 Å². The predicted molar refractivity (Wildman–Crippen MR) is 217 cm³/mol. The molecule has 0 N–H and O–H groups in total. The van der Waals surface area contributed by atoms with Crippen molar-refractivity contribution in [3.05, 3.63) is 203 Å². The van der Waals surface area contributed by atoms with Crippen molar-refractivity contribution in [3.8, 4) is 33.4 Å². The molecule has 5 unspecified atom stereocenters. The lowest BCUT2D eigenvalue weighted by Crippen LogP contribution is -2.27. The SMILES string of the molecule is C1=CCC2C(=C1)C1=CC=CC3C(C4=CC=C5c6c(c(-c7ccccc7)c7cc8ccccc8c8c7c6-c6ccccc6-8)C6=CC=CC4C65)=CC=C2C13. The van der Waals surface area contributed by atoms with E-state index >= 15 is 0 Å². The van der Waals surface area contributed by atoms with Crippen LogP contribution in [0.2, 0.25) is 0 Å². The lowest BCUT2D eigenvalue weighted by Gasteiger charge is -2.38. The van der Waals surface area contributed by atoms with E-state index in [2.05, 4.69) is 164 Å². The summed E-state index contributed by atoms with van der Waals surface area (Å²) in [6, 6.07) is 31.9. The van der Waals surface area contributed by atoms with Crippen LogP contribution < -0.4 is 0 Å². The van der Waals surface area contributed by atoms with Crippen LogP contribution in [0.4, 0.5) is 0 Å². The molecular weight excluding hydrogens is 625 g/mol. The standard InChI is InChI=1S/C52H34/c1-2-12-29(13-3-1)45-44-28-30-14-4-5-15-31(30)48-39-18-8-9-19-40(39)49(52(44)48)51-43-27-25-35(38-22-11-23-42(47(38)43)50(45)51)34-24-26-41-33-17-7-6-16-32(33)36-20-10-21-37(34)46(36)41/h1-16,18-28,33,37-38,46-47H,17H2. The maximum atomic E-state index is 2.53. The second-order valence-electron chi connectivity index (χ2n) is 15.7. The van der Waals surface area contributed by atoms with E-state index in [1.807, 2.05) is 0 Å². The molecule has 0 aliphatic heterocycles. The van der Waals surface area contributed by atoms with Crippen molar-refractivity contribution in [3.63, 3.8) is 0 Å². The van der Waals surface area contributed by atoms with Gasteiger partial charge in [-0.15, -0.1) is 0 Å². The van der Waals surface area contributed by atoms with E-state index in [0.717, 1.165) is 6.42 Å². The Morgan fingerprint density at radius 2 is 1.10 bits per heavy atom. The van der Waals surface area contributed by atoms with Gasteiger partial charge in [0.2, 0.25) is 0 Å². The van der Waals surface area contributed by atoms with E-state index in [-0.39, 0.29) is 11.8 Å². The first-order chi connectivity index (χ1) is 25.8. The fourth-order valence-electron chi connectivity index (χ4n) is 11.7. The number of benzene rings is 5. The van der Waals surface area contributed by atoms with Gasteiger partial charge in [-0.1, -0.05) is 163 Å². The van der Waals surface area contributed by atoms with Gasteiger partial charge in [-0.25, -0.2) is 0 Å². The zero-order valence-corrected chi connectivity index (χ0v) is 28.7. The Balaban J connectivity index is 1.08. The summed E-state index contributed by atoms with van der Waals surface area (Å²) in [5, 5.41) is 5.44. The molecule has 0 radical (unpaired) electrons. The topological polar surface area (TPSA) is 0 Å². The number of hydrogen-bond acceptors (Lipinski definition) is 0. The molecule has 13 rings (SSSR count). The van der Waals surface area contributed by atoms with Gasteiger partial charge in [0.25, 0.3) is 0 Å². The third-order valence-corrected chi connectivity index (χ3v) is 13.5. The largest absolute Gasteiger partial charge is 0.0836 e. The number of rotatable bonds is 2.